The normalized spacial score (nSPS) is 21.9. The van der Waals surface area contributed by atoms with E-state index >= 15 is 0 Å². The average Bonchev–Trinajstić information content (AvgIpc) is 3.09. The number of carbonyl (C=O) groups is 1. The molecule has 0 aromatic heterocycles. The number of esters is 1. The minimum atomic E-state index is -0.670. The molecule has 3 rings (SSSR count). The molecule has 2 atom stereocenters. The number of hydrogen-bond acceptors (Lipinski definition) is 4. The molecule has 2 unspecified atom stereocenters. The minimum absolute atomic E-state index is 0.173. The molecule has 4 heteroatoms. The summed E-state index contributed by atoms with van der Waals surface area (Å²) in [4.78, 5) is 12.0. The number of benzene rings is 2. The van der Waals surface area contributed by atoms with Crippen LogP contribution >= 0.6 is 0 Å². The fraction of sp³-hybridized carbons (Fsp3) is 0.435. The second-order valence-corrected chi connectivity index (χ2v) is 7.09. The standard InChI is InChI=1S/C23H28O4/c1-3-4-10-21-17-26-23(2,27-21)20-13-11-18(12-14-20)15-16-25-22(24)19-8-6-5-7-9-19/h5-9,11-14,21H,3-4,10,15-17H2,1-2H3. The molecule has 0 radical (unpaired) electrons. The third-order valence-corrected chi connectivity index (χ3v) is 4.93. The first-order chi connectivity index (χ1) is 13.1. The van der Waals surface area contributed by atoms with E-state index in [2.05, 4.69) is 6.92 Å². The van der Waals surface area contributed by atoms with Crippen LogP contribution < -0.4 is 0 Å². The lowest BCUT2D eigenvalue weighted by Crippen LogP contribution is -2.23. The molecule has 1 aliphatic heterocycles. The molecule has 1 aliphatic rings. The predicted molar refractivity (Wildman–Crippen MR) is 105 cm³/mol. The summed E-state index contributed by atoms with van der Waals surface area (Å²) in [6.45, 7) is 5.17. The SMILES string of the molecule is CCCCC1COC(C)(c2ccc(CCOC(=O)c3ccccc3)cc2)O1. The summed E-state index contributed by atoms with van der Waals surface area (Å²) >= 11 is 0. The van der Waals surface area contributed by atoms with Crippen molar-refractivity contribution < 1.29 is 19.0 Å². The van der Waals surface area contributed by atoms with Crippen molar-refractivity contribution in [2.45, 2.75) is 51.4 Å². The maximum Gasteiger partial charge on any atom is 0.338 e. The number of rotatable bonds is 8. The first-order valence-electron chi connectivity index (χ1n) is 9.74. The van der Waals surface area contributed by atoms with Crippen molar-refractivity contribution in [2.24, 2.45) is 0 Å². The van der Waals surface area contributed by atoms with Crippen LogP contribution in [0.2, 0.25) is 0 Å². The van der Waals surface area contributed by atoms with E-state index < -0.39 is 5.79 Å². The van der Waals surface area contributed by atoms with Gasteiger partial charge in [-0.15, -0.1) is 0 Å². The van der Waals surface area contributed by atoms with Gasteiger partial charge < -0.3 is 14.2 Å². The molecule has 0 amide bonds. The third-order valence-electron chi connectivity index (χ3n) is 4.93. The average molecular weight is 368 g/mol. The molecule has 0 spiro atoms. The molecule has 0 saturated carbocycles. The lowest BCUT2D eigenvalue weighted by molar-refractivity contribution is -0.162. The number of ether oxygens (including phenoxy) is 3. The highest BCUT2D eigenvalue weighted by Gasteiger charge is 2.38. The van der Waals surface area contributed by atoms with E-state index in [1.54, 1.807) is 12.1 Å². The van der Waals surface area contributed by atoms with Crippen LogP contribution in [0.4, 0.5) is 0 Å². The third kappa shape index (κ3) is 5.18. The van der Waals surface area contributed by atoms with E-state index in [9.17, 15) is 4.79 Å². The molecular weight excluding hydrogens is 340 g/mol. The summed E-state index contributed by atoms with van der Waals surface area (Å²) in [6.07, 6.45) is 4.21. The van der Waals surface area contributed by atoms with Gasteiger partial charge in [0.1, 0.15) is 0 Å². The Balaban J connectivity index is 1.49. The lowest BCUT2D eigenvalue weighted by atomic mass is 10.0. The monoisotopic (exact) mass is 368 g/mol. The zero-order valence-corrected chi connectivity index (χ0v) is 16.1. The second kappa shape index (κ2) is 9.16. The van der Waals surface area contributed by atoms with E-state index in [4.69, 9.17) is 14.2 Å². The maximum absolute atomic E-state index is 12.0. The first-order valence-corrected chi connectivity index (χ1v) is 9.74. The molecule has 2 aromatic rings. The molecule has 2 aromatic carbocycles. The van der Waals surface area contributed by atoms with Gasteiger partial charge in [-0.25, -0.2) is 4.79 Å². The molecule has 1 heterocycles. The zero-order chi connectivity index (χ0) is 19.1. The van der Waals surface area contributed by atoms with Gasteiger partial charge in [-0.3, -0.25) is 0 Å². The predicted octanol–water partition coefficient (Wildman–Crippen LogP) is 4.86. The van der Waals surface area contributed by atoms with Crippen molar-refractivity contribution in [3.63, 3.8) is 0 Å². The number of hydrogen-bond donors (Lipinski definition) is 0. The largest absolute Gasteiger partial charge is 0.462 e. The molecule has 0 aliphatic carbocycles. The quantitative estimate of drug-likeness (QED) is 0.624. The Hall–Kier alpha value is -2.17. The Morgan fingerprint density at radius 3 is 2.59 bits per heavy atom. The van der Waals surface area contributed by atoms with Crippen LogP contribution in [-0.4, -0.2) is 25.3 Å². The summed E-state index contributed by atoms with van der Waals surface area (Å²) < 4.78 is 17.4. The Bertz CT molecular complexity index is 726. The molecule has 1 fully saturated rings. The topological polar surface area (TPSA) is 44.8 Å². The molecule has 0 N–H and O–H groups in total. The number of carbonyl (C=O) groups excluding carboxylic acids is 1. The summed E-state index contributed by atoms with van der Waals surface area (Å²) in [5, 5.41) is 0. The molecule has 1 saturated heterocycles. The smallest absolute Gasteiger partial charge is 0.338 e. The van der Waals surface area contributed by atoms with E-state index in [1.807, 2.05) is 49.4 Å². The van der Waals surface area contributed by atoms with Crippen LogP contribution in [0, 0.1) is 0 Å². The molecule has 27 heavy (non-hydrogen) atoms. The number of unbranched alkanes of at least 4 members (excludes halogenated alkanes) is 1. The summed E-state index contributed by atoms with van der Waals surface area (Å²) in [7, 11) is 0. The van der Waals surface area contributed by atoms with Gasteiger partial charge in [0.05, 0.1) is 24.9 Å². The summed E-state index contributed by atoms with van der Waals surface area (Å²) in [6, 6.07) is 17.2. The van der Waals surface area contributed by atoms with E-state index in [0.29, 0.717) is 25.2 Å². The molecule has 0 bridgehead atoms. The van der Waals surface area contributed by atoms with Gasteiger partial charge in [0.15, 0.2) is 5.79 Å². The van der Waals surface area contributed by atoms with Crippen molar-refractivity contribution in [3.05, 3.63) is 71.3 Å². The molecule has 4 nitrogen and oxygen atoms in total. The highest BCUT2D eigenvalue weighted by molar-refractivity contribution is 5.89. The van der Waals surface area contributed by atoms with Crippen LogP contribution in [0.5, 0.6) is 0 Å². The van der Waals surface area contributed by atoms with Gasteiger partial charge in [-0.05, 0) is 31.0 Å². The van der Waals surface area contributed by atoms with Crippen molar-refractivity contribution in [1.82, 2.24) is 0 Å². The second-order valence-electron chi connectivity index (χ2n) is 7.09. The highest BCUT2D eigenvalue weighted by Crippen LogP contribution is 2.35. The Morgan fingerprint density at radius 2 is 1.89 bits per heavy atom. The summed E-state index contributed by atoms with van der Waals surface area (Å²) in [5.74, 6) is -0.956. The Morgan fingerprint density at radius 1 is 1.15 bits per heavy atom. The van der Waals surface area contributed by atoms with Crippen molar-refractivity contribution in [2.75, 3.05) is 13.2 Å². The van der Waals surface area contributed by atoms with Crippen LogP contribution in [0.3, 0.4) is 0 Å². The summed E-state index contributed by atoms with van der Waals surface area (Å²) in [5.41, 5.74) is 2.71. The van der Waals surface area contributed by atoms with E-state index in [-0.39, 0.29) is 12.1 Å². The van der Waals surface area contributed by atoms with Gasteiger partial charge in [0.25, 0.3) is 0 Å². The van der Waals surface area contributed by atoms with Gasteiger partial charge in [0, 0.05) is 12.0 Å². The van der Waals surface area contributed by atoms with Crippen molar-refractivity contribution >= 4 is 5.97 Å². The molecular formula is C23H28O4. The lowest BCUT2D eigenvalue weighted by Gasteiger charge is -2.24. The highest BCUT2D eigenvalue weighted by atomic mass is 16.7. The van der Waals surface area contributed by atoms with Crippen LogP contribution in [0.1, 0.15) is 54.6 Å². The van der Waals surface area contributed by atoms with Crippen LogP contribution in [0.15, 0.2) is 54.6 Å². The van der Waals surface area contributed by atoms with Crippen LogP contribution in [0.25, 0.3) is 0 Å². The van der Waals surface area contributed by atoms with Crippen molar-refractivity contribution in [1.29, 1.82) is 0 Å². The Kier molecular flexibility index (Phi) is 6.64. The zero-order valence-electron chi connectivity index (χ0n) is 16.1. The van der Waals surface area contributed by atoms with Gasteiger partial charge in [-0.2, -0.15) is 0 Å². The van der Waals surface area contributed by atoms with Gasteiger partial charge in [-0.1, -0.05) is 62.2 Å². The van der Waals surface area contributed by atoms with E-state index in [1.165, 1.54) is 6.42 Å². The Labute approximate surface area is 161 Å². The fourth-order valence-corrected chi connectivity index (χ4v) is 3.26. The first kappa shape index (κ1) is 19.6. The van der Waals surface area contributed by atoms with E-state index in [0.717, 1.165) is 24.0 Å². The van der Waals surface area contributed by atoms with Crippen molar-refractivity contribution in [3.8, 4) is 0 Å². The van der Waals surface area contributed by atoms with Gasteiger partial charge >= 0.3 is 5.97 Å². The molecule has 144 valence electrons. The minimum Gasteiger partial charge on any atom is -0.462 e. The van der Waals surface area contributed by atoms with Crippen LogP contribution in [-0.2, 0) is 26.4 Å². The van der Waals surface area contributed by atoms with Gasteiger partial charge in [0.2, 0.25) is 0 Å². The maximum atomic E-state index is 12.0. The fourth-order valence-electron chi connectivity index (χ4n) is 3.26.